The number of nitrogens with zero attached hydrogens (tertiary/aromatic N) is 2. The van der Waals surface area contributed by atoms with Gasteiger partial charge >= 0.3 is 0 Å². The quantitative estimate of drug-likeness (QED) is 0.918. The van der Waals surface area contributed by atoms with Crippen LogP contribution in [0.15, 0.2) is 24.3 Å². The van der Waals surface area contributed by atoms with Crippen molar-refractivity contribution in [1.29, 1.82) is 0 Å². The van der Waals surface area contributed by atoms with Crippen molar-refractivity contribution < 1.29 is 4.74 Å². The zero-order chi connectivity index (χ0) is 15.0. The summed E-state index contributed by atoms with van der Waals surface area (Å²) in [6.07, 6.45) is 2.79. The average Bonchev–Trinajstić information content (AvgIpc) is 3.23. The molecule has 1 unspecified atom stereocenters. The van der Waals surface area contributed by atoms with Gasteiger partial charge < -0.3 is 10.1 Å². The van der Waals surface area contributed by atoms with Crippen LogP contribution in [0.1, 0.15) is 41.4 Å². The molecule has 2 aromatic rings. The van der Waals surface area contributed by atoms with Crippen molar-refractivity contribution in [2.75, 3.05) is 7.05 Å². The van der Waals surface area contributed by atoms with Gasteiger partial charge in [0.2, 0.25) is 0 Å². The van der Waals surface area contributed by atoms with E-state index >= 15 is 0 Å². The number of hydrogen-bond donors (Lipinski definition) is 1. The minimum atomic E-state index is 0.140. The molecule has 1 fully saturated rings. The molecule has 0 aliphatic heterocycles. The first kappa shape index (κ1) is 14.1. The number of benzene rings is 1. The van der Waals surface area contributed by atoms with Crippen LogP contribution in [0.4, 0.5) is 0 Å². The maximum atomic E-state index is 5.91. The Hall–Kier alpha value is -1.81. The Morgan fingerprint density at radius 1 is 1.33 bits per heavy atom. The number of rotatable bonds is 5. The van der Waals surface area contributed by atoms with E-state index in [0.29, 0.717) is 6.10 Å². The Labute approximate surface area is 126 Å². The molecular weight excluding hydrogens is 262 g/mol. The zero-order valence-electron chi connectivity index (χ0n) is 13.2. The fraction of sp³-hybridized carbons (Fsp3) is 0.471. The molecule has 1 N–H and O–H groups in total. The lowest BCUT2D eigenvalue weighted by Crippen LogP contribution is -2.19. The number of nitrogens with one attached hydrogen (secondary N) is 1. The van der Waals surface area contributed by atoms with Gasteiger partial charge in [-0.3, -0.25) is 4.68 Å². The second kappa shape index (κ2) is 5.53. The molecule has 0 radical (unpaired) electrons. The Kier molecular flexibility index (Phi) is 3.72. The normalized spacial score (nSPS) is 16.0. The third-order valence-corrected chi connectivity index (χ3v) is 4.16. The Morgan fingerprint density at radius 3 is 2.67 bits per heavy atom. The van der Waals surface area contributed by atoms with E-state index in [1.165, 1.54) is 29.7 Å². The summed E-state index contributed by atoms with van der Waals surface area (Å²) in [7, 11) is 3.98. The van der Waals surface area contributed by atoms with Gasteiger partial charge in [-0.05, 0) is 51.4 Å². The molecule has 0 amide bonds. The maximum Gasteiger partial charge on any atom is 0.120 e. The third kappa shape index (κ3) is 2.81. The lowest BCUT2D eigenvalue weighted by atomic mass is 9.97. The highest BCUT2D eigenvalue weighted by Crippen LogP contribution is 2.31. The van der Waals surface area contributed by atoms with E-state index in [4.69, 9.17) is 4.74 Å². The Morgan fingerprint density at radius 2 is 2.10 bits per heavy atom. The minimum absolute atomic E-state index is 0.140. The second-order valence-corrected chi connectivity index (χ2v) is 5.82. The molecule has 1 saturated carbocycles. The highest BCUT2D eigenvalue weighted by atomic mass is 16.5. The summed E-state index contributed by atoms with van der Waals surface area (Å²) in [6, 6.07) is 8.54. The third-order valence-electron chi connectivity index (χ3n) is 4.16. The number of aromatic nitrogens is 2. The standard InChI is InChI=1S/C17H23N3O/c1-11-16(12(2)20(4)19-11)17(18-3)13-6-5-7-15(10-13)21-14-8-9-14/h5-7,10,14,17-18H,8-9H2,1-4H3. The highest BCUT2D eigenvalue weighted by molar-refractivity contribution is 5.40. The van der Waals surface area contributed by atoms with Crippen molar-refractivity contribution in [3.63, 3.8) is 0 Å². The molecule has 3 rings (SSSR count). The fourth-order valence-corrected chi connectivity index (χ4v) is 2.83. The van der Waals surface area contributed by atoms with Crippen LogP contribution in [-0.4, -0.2) is 22.9 Å². The molecule has 4 heteroatoms. The predicted molar refractivity (Wildman–Crippen MR) is 83.7 cm³/mol. The summed E-state index contributed by atoms with van der Waals surface area (Å²) in [5.41, 5.74) is 4.74. The van der Waals surface area contributed by atoms with Gasteiger partial charge in [0.15, 0.2) is 0 Å². The monoisotopic (exact) mass is 285 g/mol. The summed E-state index contributed by atoms with van der Waals surface area (Å²) in [5, 5.41) is 7.95. The summed E-state index contributed by atoms with van der Waals surface area (Å²) >= 11 is 0. The number of hydrogen-bond acceptors (Lipinski definition) is 3. The molecule has 1 aromatic carbocycles. The number of ether oxygens (including phenoxy) is 1. The molecule has 4 nitrogen and oxygen atoms in total. The van der Waals surface area contributed by atoms with Gasteiger partial charge in [0.1, 0.15) is 5.75 Å². The lowest BCUT2D eigenvalue weighted by Gasteiger charge is -2.18. The Balaban J connectivity index is 1.95. The van der Waals surface area contributed by atoms with Gasteiger partial charge in [0.25, 0.3) is 0 Å². The first-order chi connectivity index (χ1) is 10.1. The SMILES string of the molecule is CNC(c1cccc(OC2CC2)c1)c1c(C)nn(C)c1C. The number of aryl methyl sites for hydroxylation is 2. The Bertz CT molecular complexity index is 643. The smallest absolute Gasteiger partial charge is 0.120 e. The predicted octanol–water partition coefficient (Wildman–Crippen LogP) is 2.89. The molecule has 1 aliphatic rings. The van der Waals surface area contributed by atoms with Gasteiger partial charge in [0, 0.05) is 18.3 Å². The van der Waals surface area contributed by atoms with Crippen LogP contribution in [0.2, 0.25) is 0 Å². The molecule has 1 aromatic heterocycles. The molecule has 0 spiro atoms. The van der Waals surface area contributed by atoms with E-state index in [1.54, 1.807) is 0 Å². The second-order valence-electron chi connectivity index (χ2n) is 5.82. The first-order valence-electron chi connectivity index (χ1n) is 7.54. The van der Waals surface area contributed by atoms with E-state index in [2.05, 4.69) is 42.5 Å². The minimum Gasteiger partial charge on any atom is -0.490 e. The molecule has 1 heterocycles. The van der Waals surface area contributed by atoms with Gasteiger partial charge in [-0.15, -0.1) is 0 Å². The molecule has 112 valence electrons. The van der Waals surface area contributed by atoms with E-state index in [1.807, 2.05) is 24.8 Å². The topological polar surface area (TPSA) is 39.1 Å². The van der Waals surface area contributed by atoms with Crippen LogP contribution in [0.3, 0.4) is 0 Å². The molecular formula is C17H23N3O. The van der Waals surface area contributed by atoms with Gasteiger partial charge in [-0.1, -0.05) is 12.1 Å². The fourth-order valence-electron chi connectivity index (χ4n) is 2.83. The summed E-state index contributed by atoms with van der Waals surface area (Å²) in [4.78, 5) is 0. The lowest BCUT2D eigenvalue weighted by molar-refractivity contribution is 0.302. The van der Waals surface area contributed by atoms with Crippen LogP contribution in [-0.2, 0) is 7.05 Å². The van der Waals surface area contributed by atoms with Crippen LogP contribution in [0, 0.1) is 13.8 Å². The van der Waals surface area contributed by atoms with E-state index in [-0.39, 0.29) is 6.04 Å². The summed E-state index contributed by atoms with van der Waals surface area (Å²) in [5.74, 6) is 0.967. The van der Waals surface area contributed by atoms with Crippen LogP contribution < -0.4 is 10.1 Å². The maximum absolute atomic E-state index is 5.91. The molecule has 0 saturated heterocycles. The zero-order valence-corrected chi connectivity index (χ0v) is 13.2. The van der Waals surface area contributed by atoms with Gasteiger partial charge in [-0.2, -0.15) is 5.10 Å². The van der Waals surface area contributed by atoms with Gasteiger partial charge in [0.05, 0.1) is 17.8 Å². The van der Waals surface area contributed by atoms with Crippen molar-refractivity contribution in [3.05, 3.63) is 46.8 Å². The van der Waals surface area contributed by atoms with Crippen LogP contribution in [0.25, 0.3) is 0 Å². The average molecular weight is 285 g/mol. The van der Waals surface area contributed by atoms with Crippen LogP contribution >= 0.6 is 0 Å². The van der Waals surface area contributed by atoms with Gasteiger partial charge in [-0.25, -0.2) is 0 Å². The van der Waals surface area contributed by atoms with Crippen molar-refractivity contribution in [2.24, 2.45) is 7.05 Å². The van der Waals surface area contributed by atoms with Crippen molar-refractivity contribution in [1.82, 2.24) is 15.1 Å². The van der Waals surface area contributed by atoms with Crippen molar-refractivity contribution >= 4 is 0 Å². The first-order valence-corrected chi connectivity index (χ1v) is 7.54. The molecule has 1 aliphatic carbocycles. The largest absolute Gasteiger partial charge is 0.490 e. The van der Waals surface area contributed by atoms with Crippen molar-refractivity contribution in [3.8, 4) is 5.75 Å². The molecule has 0 bridgehead atoms. The van der Waals surface area contributed by atoms with E-state index in [9.17, 15) is 0 Å². The van der Waals surface area contributed by atoms with Crippen LogP contribution in [0.5, 0.6) is 5.75 Å². The molecule has 21 heavy (non-hydrogen) atoms. The summed E-state index contributed by atoms with van der Waals surface area (Å²) < 4.78 is 7.86. The van der Waals surface area contributed by atoms with E-state index in [0.717, 1.165) is 11.4 Å². The van der Waals surface area contributed by atoms with E-state index < -0.39 is 0 Å². The highest BCUT2D eigenvalue weighted by Gasteiger charge is 2.24. The molecule has 1 atom stereocenters. The summed E-state index contributed by atoms with van der Waals surface area (Å²) in [6.45, 7) is 4.18. The van der Waals surface area contributed by atoms with Crippen molar-refractivity contribution in [2.45, 2.75) is 38.8 Å².